The molecule has 2 aromatic rings. The summed E-state index contributed by atoms with van der Waals surface area (Å²) in [5.41, 5.74) is 1.94. The van der Waals surface area contributed by atoms with Gasteiger partial charge in [-0.3, -0.25) is 9.80 Å². The first-order valence-corrected chi connectivity index (χ1v) is 13.6. The molecule has 0 bridgehead atoms. The number of nitrogens with one attached hydrogen (secondary N) is 2. The van der Waals surface area contributed by atoms with Gasteiger partial charge in [-0.1, -0.05) is 36.5 Å². The molecule has 3 aliphatic rings. The topological polar surface area (TPSA) is 144 Å². The first-order valence-electron chi connectivity index (χ1n) is 13.6. The van der Waals surface area contributed by atoms with E-state index in [0.29, 0.717) is 35.1 Å². The van der Waals surface area contributed by atoms with Crippen LogP contribution in [0.1, 0.15) is 63.3 Å². The Morgan fingerprint density at radius 3 is 2.31 bits per heavy atom. The maximum absolute atomic E-state index is 12.1. The van der Waals surface area contributed by atoms with Crippen LogP contribution in [0, 0.1) is 0 Å². The molecule has 39 heavy (non-hydrogen) atoms. The van der Waals surface area contributed by atoms with E-state index in [1.165, 1.54) is 32.1 Å². The molecular formula is C28H36N6O5. The Bertz CT molecular complexity index is 1250. The maximum Gasteiger partial charge on any atom is 0.334 e. The van der Waals surface area contributed by atoms with E-state index in [9.17, 15) is 19.8 Å². The second-order valence-corrected chi connectivity index (χ2v) is 10.6. The third-order valence-corrected chi connectivity index (χ3v) is 8.02. The predicted octanol–water partition coefficient (Wildman–Crippen LogP) is 3.67. The summed E-state index contributed by atoms with van der Waals surface area (Å²) in [7, 11) is 0. The molecule has 0 radical (unpaired) electrons. The normalized spacial score (nSPS) is 20.3. The van der Waals surface area contributed by atoms with E-state index in [1.54, 1.807) is 38.1 Å². The Morgan fingerprint density at radius 2 is 1.67 bits per heavy atom. The zero-order chi connectivity index (χ0) is 27.5. The number of aliphatic carboxylic acids is 2. The highest BCUT2D eigenvalue weighted by atomic mass is 16.4. The van der Waals surface area contributed by atoms with Crippen LogP contribution in [-0.4, -0.2) is 74.4 Å². The smallest absolute Gasteiger partial charge is 0.334 e. The minimum absolute atomic E-state index is 0.00110. The van der Waals surface area contributed by atoms with Crippen molar-refractivity contribution in [2.75, 3.05) is 31.5 Å². The summed E-state index contributed by atoms with van der Waals surface area (Å²) in [5.74, 6) is -2.75. The monoisotopic (exact) mass is 536 g/mol. The van der Waals surface area contributed by atoms with E-state index in [-0.39, 0.29) is 17.2 Å². The van der Waals surface area contributed by atoms with Crippen LogP contribution in [0.25, 0.3) is 0 Å². The van der Waals surface area contributed by atoms with E-state index in [4.69, 9.17) is 4.42 Å². The van der Waals surface area contributed by atoms with Crippen LogP contribution >= 0.6 is 0 Å². The van der Waals surface area contributed by atoms with Crippen molar-refractivity contribution in [3.05, 3.63) is 58.3 Å². The molecule has 1 saturated heterocycles. The summed E-state index contributed by atoms with van der Waals surface area (Å²) in [6.45, 7) is 7.92. The van der Waals surface area contributed by atoms with Crippen LogP contribution in [0.15, 0.2) is 51.2 Å². The number of hydrogen-bond donors (Lipinski definition) is 4. The van der Waals surface area contributed by atoms with Crippen molar-refractivity contribution in [1.82, 2.24) is 25.3 Å². The third-order valence-electron chi connectivity index (χ3n) is 8.02. The fraction of sp³-hybridized carbons (Fsp3) is 0.500. The van der Waals surface area contributed by atoms with Crippen molar-refractivity contribution in [1.29, 1.82) is 0 Å². The number of benzene rings is 1. The molecule has 4 N–H and O–H groups in total. The highest BCUT2D eigenvalue weighted by molar-refractivity contribution is 5.98. The van der Waals surface area contributed by atoms with Gasteiger partial charge in [0, 0.05) is 49.3 Å². The number of dihydropyridines is 1. The molecule has 0 spiro atoms. The molecular weight excluding hydrogens is 500 g/mol. The van der Waals surface area contributed by atoms with E-state index in [2.05, 4.69) is 30.6 Å². The summed E-state index contributed by atoms with van der Waals surface area (Å²) in [5, 5.41) is 34.1. The van der Waals surface area contributed by atoms with E-state index in [1.807, 2.05) is 0 Å². The van der Waals surface area contributed by atoms with Crippen LogP contribution in [0.4, 0.5) is 11.7 Å². The van der Waals surface area contributed by atoms with Crippen LogP contribution in [0.2, 0.25) is 0 Å². The number of hydrogen-bond acceptors (Lipinski definition) is 9. The van der Waals surface area contributed by atoms with E-state index in [0.717, 1.165) is 32.2 Å². The SMILES string of the molecule is CC1=C(C(=O)O)C(c2cccc(Nc3nnc(CN4CCN(C5CCCCC5)CC4)o3)c2)C(C(=O)O)=C(C)N1. The molecule has 0 unspecified atom stereocenters. The predicted molar refractivity (Wildman–Crippen MR) is 144 cm³/mol. The van der Waals surface area contributed by atoms with Crippen LogP contribution in [0.3, 0.4) is 0 Å². The lowest BCUT2D eigenvalue weighted by molar-refractivity contribution is -0.133. The van der Waals surface area contributed by atoms with E-state index < -0.39 is 17.9 Å². The molecule has 1 aromatic heterocycles. The molecule has 208 valence electrons. The number of allylic oxidation sites excluding steroid dienone is 2. The van der Waals surface area contributed by atoms with Crippen molar-refractivity contribution in [3.8, 4) is 0 Å². The molecule has 1 aliphatic carbocycles. The Labute approximate surface area is 227 Å². The molecule has 1 aromatic carbocycles. The largest absolute Gasteiger partial charge is 0.478 e. The standard InChI is InChI=1S/C28H36N6O5/c1-17-23(26(35)36)25(24(27(37)38)18(2)29-17)19-7-6-8-20(15-19)30-28-32-31-22(39-28)16-33-11-13-34(14-12-33)21-9-4-3-5-10-21/h6-8,15,21,25,29H,3-5,9-14,16H2,1-2H3,(H,30,32)(H,35,36)(H,37,38). The van der Waals surface area contributed by atoms with E-state index >= 15 is 0 Å². The number of rotatable bonds is 8. The molecule has 5 rings (SSSR count). The van der Waals surface area contributed by atoms with Crippen molar-refractivity contribution < 1.29 is 24.2 Å². The minimum Gasteiger partial charge on any atom is -0.478 e. The van der Waals surface area contributed by atoms with Gasteiger partial charge in [-0.15, -0.1) is 5.10 Å². The fourth-order valence-corrected chi connectivity index (χ4v) is 6.11. The number of carbonyl (C=O) groups is 2. The summed E-state index contributed by atoms with van der Waals surface area (Å²) in [4.78, 5) is 29.2. The summed E-state index contributed by atoms with van der Waals surface area (Å²) >= 11 is 0. The van der Waals surface area contributed by atoms with Crippen LogP contribution in [-0.2, 0) is 16.1 Å². The van der Waals surface area contributed by atoms with Gasteiger partial charge in [-0.2, -0.15) is 0 Å². The van der Waals surface area contributed by atoms with Crippen molar-refractivity contribution >= 4 is 23.6 Å². The number of anilines is 2. The van der Waals surface area contributed by atoms with Gasteiger partial charge in [0.1, 0.15) is 0 Å². The van der Waals surface area contributed by atoms with Gasteiger partial charge in [0.15, 0.2) is 0 Å². The Hall–Kier alpha value is -3.70. The Morgan fingerprint density at radius 1 is 1.00 bits per heavy atom. The summed E-state index contributed by atoms with van der Waals surface area (Å²) < 4.78 is 5.87. The molecule has 11 nitrogen and oxygen atoms in total. The van der Waals surface area contributed by atoms with Gasteiger partial charge in [-0.25, -0.2) is 9.59 Å². The van der Waals surface area contributed by atoms with Crippen molar-refractivity contribution in [2.45, 2.75) is 64.5 Å². The molecule has 11 heteroatoms. The number of aromatic nitrogens is 2. The average molecular weight is 537 g/mol. The molecule has 2 aliphatic heterocycles. The molecule has 2 fully saturated rings. The molecule has 3 heterocycles. The molecule has 1 saturated carbocycles. The zero-order valence-electron chi connectivity index (χ0n) is 22.4. The lowest BCUT2D eigenvalue weighted by Crippen LogP contribution is -2.50. The lowest BCUT2D eigenvalue weighted by Gasteiger charge is -2.40. The van der Waals surface area contributed by atoms with Gasteiger partial charge in [0.05, 0.1) is 23.6 Å². The summed E-state index contributed by atoms with van der Waals surface area (Å²) in [6.07, 6.45) is 6.69. The first-order chi connectivity index (χ1) is 18.8. The number of piperazine rings is 1. The zero-order valence-corrected chi connectivity index (χ0v) is 22.4. The lowest BCUT2D eigenvalue weighted by atomic mass is 9.80. The van der Waals surface area contributed by atoms with Crippen molar-refractivity contribution in [3.63, 3.8) is 0 Å². The number of nitrogens with zero attached hydrogens (tertiary/aromatic N) is 4. The number of carboxylic acids is 2. The van der Waals surface area contributed by atoms with Gasteiger partial charge in [0.25, 0.3) is 0 Å². The average Bonchev–Trinajstić information content (AvgIpc) is 3.35. The molecule has 0 amide bonds. The van der Waals surface area contributed by atoms with Gasteiger partial charge in [0.2, 0.25) is 5.89 Å². The Kier molecular flexibility index (Phi) is 7.99. The fourth-order valence-electron chi connectivity index (χ4n) is 6.11. The maximum atomic E-state index is 12.1. The second kappa shape index (κ2) is 11.6. The van der Waals surface area contributed by atoms with Gasteiger partial charge in [-0.05, 0) is 44.4 Å². The summed E-state index contributed by atoms with van der Waals surface area (Å²) in [6, 6.07) is 7.93. The first kappa shape index (κ1) is 26.9. The van der Waals surface area contributed by atoms with Gasteiger partial charge >= 0.3 is 18.0 Å². The highest BCUT2D eigenvalue weighted by Gasteiger charge is 2.36. The highest BCUT2D eigenvalue weighted by Crippen LogP contribution is 2.39. The van der Waals surface area contributed by atoms with Gasteiger partial charge < -0.3 is 25.3 Å². The van der Waals surface area contributed by atoms with Crippen LogP contribution < -0.4 is 10.6 Å². The third kappa shape index (κ3) is 5.99. The number of carboxylic acid groups (broad SMARTS) is 2. The second-order valence-electron chi connectivity index (χ2n) is 10.6. The van der Waals surface area contributed by atoms with Crippen molar-refractivity contribution in [2.24, 2.45) is 0 Å². The Balaban J connectivity index is 1.25. The minimum atomic E-state index is -1.17. The van der Waals surface area contributed by atoms with Crippen LogP contribution in [0.5, 0.6) is 0 Å². The quantitative estimate of drug-likeness (QED) is 0.392. The molecule has 0 atom stereocenters.